The molecule has 0 saturated heterocycles. The average molecular weight is 330 g/mol. The Morgan fingerprint density at radius 1 is 1.27 bits per heavy atom. The monoisotopic (exact) mass is 330 g/mol. The van der Waals surface area contributed by atoms with Crippen LogP contribution in [0.2, 0.25) is 0 Å². The highest BCUT2D eigenvalue weighted by Crippen LogP contribution is 2.22. The van der Waals surface area contributed by atoms with Gasteiger partial charge in [-0.2, -0.15) is 0 Å². The lowest BCUT2D eigenvalue weighted by Gasteiger charge is -2.07. The van der Waals surface area contributed by atoms with Gasteiger partial charge in [-0.3, -0.25) is 0 Å². The zero-order chi connectivity index (χ0) is 10.7. The van der Waals surface area contributed by atoms with Gasteiger partial charge in [-0.15, -0.1) is 11.3 Å². The normalized spacial score (nSPS) is 10.2. The number of nitrogens with one attached hydrogen (secondary N) is 1. The average Bonchev–Trinajstić information content (AvgIpc) is 2.63. The fourth-order valence-electron chi connectivity index (χ4n) is 1.27. The van der Waals surface area contributed by atoms with E-state index in [1.807, 2.05) is 23.6 Å². The number of rotatable bonds is 3. The van der Waals surface area contributed by atoms with E-state index < -0.39 is 0 Å². The van der Waals surface area contributed by atoms with Gasteiger partial charge in [0.25, 0.3) is 0 Å². The predicted molar refractivity (Wildman–Crippen MR) is 75.2 cm³/mol. The Balaban J connectivity index is 2.06. The first-order chi connectivity index (χ1) is 7.27. The molecule has 4 heteroatoms. The summed E-state index contributed by atoms with van der Waals surface area (Å²) >= 11 is 4.00. The smallest absolute Gasteiger partial charge is 0.0515 e. The fourth-order valence-corrected chi connectivity index (χ4v) is 2.59. The van der Waals surface area contributed by atoms with Gasteiger partial charge in [-0.1, -0.05) is 12.1 Å². The van der Waals surface area contributed by atoms with Crippen LogP contribution in [0.5, 0.6) is 0 Å². The molecule has 2 nitrogen and oxygen atoms in total. The van der Waals surface area contributed by atoms with Crippen molar-refractivity contribution in [3.63, 3.8) is 0 Å². The maximum Gasteiger partial charge on any atom is 0.0515 e. The van der Waals surface area contributed by atoms with E-state index in [0.717, 1.165) is 17.9 Å². The van der Waals surface area contributed by atoms with E-state index in [4.69, 9.17) is 5.73 Å². The van der Waals surface area contributed by atoms with Crippen molar-refractivity contribution >= 4 is 45.3 Å². The second-order valence-corrected chi connectivity index (χ2v) is 5.30. The van der Waals surface area contributed by atoms with Crippen molar-refractivity contribution in [2.24, 2.45) is 0 Å². The maximum absolute atomic E-state index is 5.81. The summed E-state index contributed by atoms with van der Waals surface area (Å²) in [6.45, 7) is 0.795. The van der Waals surface area contributed by atoms with E-state index in [9.17, 15) is 0 Å². The van der Waals surface area contributed by atoms with Crippen LogP contribution in [0.3, 0.4) is 0 Å². The first kappa shape index (κ1) is 10.8. The minimum atomic E-state index is 0.795. The minimum absolute atomic E-state index is 0.795. The molecule has 0 unspecified atom stereocenters. The van der Waals surface area contributed by atoms with Gasteiger partial charge >= 0.3 is 0 Å². The number of thiophene rings is 1. The third kappa shape index (κ3) is 2.63. The molecule has 0 atom stereocenters. The topological polar surface area (TPSA) is 38.0 Å². The molecular formula is C11H11IN2S. The maximum atomic E-state index is 5.81. The number of hydrogen-bond acceptors (Lipinski definition) is 3. The number of para-hydroxylation sites is 1. The summed E-state index contributed by atoms with van der Waals surface area (Å²) in [4.78, 5) is 1.19. The van der Waals surface area contributed by atoms with Crippen LogP contribution >= 0.6 is 33.9 Å². The van der Waals surface area contributed by atoms with E-state index in [1.54, 1.807) is 11.3 Å². The third-order valence-electron chi connectivity index (χ3n) is 2.09. The van der Waals surface area contributed by atoms with E-state index in [-0.39, 0.29) is 0 Å². The van der Waals surface area contributed by atoms with Crippen molar-refractivity contribution in [1.82, 2.24) is 0 Å². The van der Waals surface area contributed by atoms with Crippen LogP contribution in [0.1, 0.15) is 4.88 Å². The summed E-state index contributed by atoms with van der Waals surface area (Å²) in [5.41, 5.74) is 7.84. The molecule has 2 rings (SSSR count). The van der Waals surface area contributed by atoms with Crippen LogP contribution in [0.25, 0.3) is 0 Å². The summed E-state index contributed by atoms with van der Waals surface area (Å²) < 4.78 is 1.23. The quantitative estimate of drug-likeness (QED) is 0.845. The van der Waals surface area contributed by atoms with Crippen molar-refractivity contribution in [2.45, 2.75) is 6.54 Å². The minimum Gasteiger partial charge on any atom is -0.398 e. The zero-order valence-corrected chi connectivity index (χ0v) is 11.0. The molecule has 0 aliphatic rings. The molecule has 78 valence electrons. The number of benzene rings is 1. The molecule has 15 heavy (non-hydrogen) atoms. The summed E-state index contributed by atoms with van der Waals surface area (Å²) in [7, 11) is 0. The Morgan fingerprint density at radius 3 is 2.73 bits per heavy atom. The van der Waals surface area contributed by atoms with Crippen LogP contribution in [-0.2, 0) is 6.54 Å². The molecule has 0 bridgehead atoms. The Bertz CT molecular complexity index is 453. The van der Waals surface area contributed by atoms with Gasteiger partial charge < -0.3 is 11.1 Å². The van der Waals surface area contributed by atoms with E-state index in [1.165, 1.54) is 8.45 Å². The molecular weight excluding hydrogens is 319 g/mol. The molecule has 1 aromatic carbocycles. The van der Waals surface area contributed by atoms with Crippen molar-refractivity contribution in [3.8, 4) is 0 Å². The lowest BCUT2D eigenvalue weighted by molar-refractivity contribution is 1.19. The summed E-state index contributed by atoms with van der Waals surface area (Å²) in [6, 6.07) is 10.2. The van der Waals surface area contributed by atoms with Gasteiger partial charge in [-0.25, -0.2) is 0 Å². The van der Waals surface area contributed by atoms with Crippen LogP contribution in [-0.4, -0.2) is 0 Å². The van der Waals surface area contributed by atoms with Gasteiger partial charge in [0, 0.05) is 19.8 Å². The molecule has 0 amide bonds. The van der Waals surface area contributed by atoms with Gasteiger partial charge in [0.1, 0.15) is 0 Å². The fraction of sp³-hybridized carbons (Fsp3) is 0.0909. The first-order valence-corrected chi connectivity index (χ1v) is 6.53. The van der Waals surface area contributed by atoms with Crippen molar-refractivity contribution in [2.75, 3.05) is 11.1 Å². The number of anilines is 2. The predicted octanol–water partition coefficient (Wildman–Crippen LogP) is 3.55. The zero-order valence-electron chi connectivity index (χ0n) is 8.03. The highest BCUT2D eigenvalue weighted by Gasteiger charge is 2.01. The highest BCUT2D eigenvalue weighted by atomic mass is 127. The molecule has 1 aromatic heterocycles. The molecule has 0 aliphatic carbocycles. The molecule has 0 fully saturated rings. The Labute approximate surface area is 107 Å². The van der Waals surface area contributed by atoms with Crippen LogP contribution in [0.15, 0.2) is 35.7 Å². The molecule has 0 aliphatic heterocycles. The number of halogens is 1. The molecule has 1 heterocycles. The second-order valence-electron chi connectivity index (χ2n) is 3.13. The third-order valence-corrected chi connectivity index (χ3v) is 3.97. The van der Waals surface area contributed by atoms with E-state index >= 15 is 0 Å². The van der Waals surface area contributed by atoms with Crippen molar-refractivity contribution in [3.05, 3.63) is 44.2 Å². The Morgan fingerprint density at radius 2 is 2.07 bits per heavy atom. The SMILES string of the molecule is Nc1ccsc1CNc1ccccc1I. The summed E-state index contributed by atoms with van der Waals surface area (Å²) in [5, 5.41) is 5.40. The van der Waals surface area contributed by atoms with Crippen molar-refractivity contribution < 1.29 is 0 Å². The summed E-state index contributed by atoms with van der Waals surface area (Å²) in [5.74, 6) is 0. The van der Waals surface area contributed by atoms with E-state index in [0.29, 0.717) is 0 Å². The highest BCUT2D eigenvalue weighted by molar-refractivity contribution is 14.1. The standard InChI is InChI=1S/C11H11IN2S/c12-8-3-1-2-4-10(8)14-7-11-9(13)5-6-15-11/h1-6,14H,7,13H2. The van der Waals surface area contributed by atoms with E-state index in [2.05, 4.69) is 40.0 Å². The lowest BCUT2D eigenvalue weighted by atomic mass is 10.3. The molecule has 0 saturated carbocycles. The van der Waals surface area contributed by atoms with Gasteiger partial charge in [0.05, 0.1) is 6.54 Å². The van der Waals surface area contributed by atoms with Crippen molar-refractivity contribution in [1.29, 1.82) is 0 Å². The number of nitrogen functional groups attached to an aromatic ring is 1. The summed E-state index contributed by atoms with van der Waals surface area (Å²) in [6.07, 6.45) is 0. The number of nitrogens with two attached hydrogens (primary N) is 1. The van der Waals surface area contributed by atoms with Crippen LogP contribution in [0.4, 0.5) is 11.4 Å². The Hall–Kier alpha value is -0.750. The molecule has 0 radical (unpaired) electrons. The van der Waals surface area contributed by atoms with Gasteiger partial charge in [0.15, 0.2) is 0 Å². The number of hydrogen-bond donors (Lipinski definition) is 2. The van der Waals surface area contributed by atoms with Crippen LogP contribution in [0, 0.1) is 3.57 Å². The molecule has 3 N–H and O–H groups in total. The largest absolute Gasteiger partial charge is 0.398 e. The molecule has 2 aromatic rings. The molecule has 0 spiro atoms. The second kappa shape index (κ2) is 4.85. The lowest BCUT2D eigenvalue weighted by Crippen LogP contribution is -2.01. The van der Waals surface area contributed by atoms with Gasteiger partial charge in [0.2, 0.25) is 0 Å². The van der Waals surface area contributed by atoms with Gasteiger partial charge in [-0.05, 0) is 46.2 Å². The van der Waals surface area contributed by atoms with Crippen LogP contribution < -0.4 is 11.1 Å². The first-order valence-electron chi connectivity index (χ1n) is 4.57. The Kier molecular flexibility index (Phi) is 3.48.